The number of rotatable bonds is 3. The zero-order valence-corrected chi connectivity index (χ0v) is 12.1. The Labute approximate surface area is 124 Å². The van der Waals surface area contributed by atoms with Crippen molar-refractivity contribution < 1.29 is 9.13 Å². The van der Waals surface area contributed by atoms with Gasteiger partial charge in [-0.1, -0.05) is 40.2 Å². The van der Waals surface area contributed by atoms with E-state index < -0.39 is 0 Å². The SMILES string of the molecule is Fc1ccc(COc2cnc3ccccc3c2)c(Br)c1. The third kappa shape index (κ3) is 2.80. The van der Waals surface area contributed by atoms with E-state index in [1.165, 1.54) is 12.1 Å². The number of fused-ring (bicyclic) bond motifs is 1. The van der Waals surface area contributed by atoms with E-state index >= 15 is 0 Å². The van der Waals surface area contributed by atoms with Gasteiger partial charge in [0.1, 0.15) is 18.2 Å². The lowest BCUT2D eigenvalue weighted by Gasteiger charge is -2.08. The Hall–Kier alpha value is -1.94. The van der Waals surface area contributed by atoms with Gasteiger partial charge in [-0.2, -0.15) is 0 Å². The Kier molecular flexibility index (Phi) is 3.65. The number of ether oxygens (including phenoxy) is 1. The van der Waals surface area contributed by atoms with Crippen molar-refractivity contribution in [1.82, 2.24) is 4.98 Å². The smallest absolute Gasteiger partial charge is 0.138 e. The van der Waals surface area contributed by atoms with Gasteiger partial charge in [-0.15, -0.1) is 0 Å². The van der Waals surface area contributed by atoms with Crippen molar-refractivity contribution in [1.29, 1.82) is 0 Å². The van der Waals surface area contributed by atoms with Crippen LogP contribution in [0.15, 0.2) is 59.2 Å². The molecule has 0 unspecified atom stereocenters. The van der Waals surface area contributed by atoms with Gasteiger partial charge >= 0.3 is 0 Å². The van der Waals surface area contributed by atoms with Gasteiger partial charge in [-0.3, -0.25) is 4.98 Å². The van der Waals surface area contributed by atoms with E-state index in [-0.39, 0.29) is 5.82 Å². The van der Waals surface area contributed by atoms with Crippen LogP contribution in [0.3, 0.4) is 0 Å². The highest BCUT2D eigenvalue weighted by Crippen LogP contribution is 2.22. The van der Waals surface area contributed by atoms with E-state index in [2.05, 4.69) is 20.9 Å². The second-order valence-electron chi connectivity index (χ2n) is 4.39. The molecule has 4 heteroatoms. The zero-order chi connectivity index (χ0) is 13.9. The number of nitrogens with zero attached hydrogens (tertiary/aromatic N) is 1. The van der Waals surface area contributed by atoms with E-state index in [4.69, 9.17) is 4.74 Å². The van der Waals surface area contributed by atoms with Crippen LogP contribution in [0.2, 0.25) is 0 Å². The number of halogens is 2. The van der Waals surface area contributed by atoms with E-state index in [9.17, 15) is 4.39 Å². The minimum Gasteiger partial charge on any atom is -0.487 e. The van der Waals surface area contributed by atoms with E-state index in [1.54, 1.807) is 12.3 Å². The molecule has 0 saturated carbocycles. The van der Waals surface area contributed by atoms with Gasteiger partial charge < -0.3 is 4.74 Å². The molecule has 2 nitrogen and oxygen atoms in total. The molecule has 1 aromatic heterocycles. The molecule has 0 fully saturated rings. The summed E-state index contributed by atoms with van der Waals surface area (Å²) in [7, 11) is 0. The molecule has 0 radical (unpaired) electrons. The fraction of sp³-hybridized carbons (Fsp3) is 0.0625. The van der Waals surface area contributed by atoms with Crippen LogP contribution in [0.5, 0.6) is 5.75 Å². The first-order valence-electron chi connectivity index (χ1n) is 6.14. The van der Waals surface area contributed by atoms with Gasteiger partial charge in [0.05, 0.1) is 11.7 Å². The molecule has 0 N–H and O–H groups in total. The predicted molar refractivity (Wildman–Crippen MR) is 80.2 cm³/mol. The van der Waals surface area contributed by atoms with Gasteiger partial charge in [0.2, 0.25) is 0 Å². The van der Waals surface area contributed by atoms with Crippen molar-refractivity contribution in [2.75, 3.05) is 0 Å². The molecule has 0 bridgehead atoms. The molecule has 3 rings (SSSR count). The highest BCUT2D eigenvalue weighted by atomic mass is 79.9. The molecule has 1 heterocycles. The molecule has 100 valence electrons. The minimum atomic E-state index is -0.270. The lowest BCUT2D eigenvalue weighted by Crippen LogP contribution is -1.97. The third-order valence-corrected chi connectivity index (χ3v) is 3.71. The molecule has 0 aliphatic heterocycles. The Balaban J connectivity index is 1.79. The molecule has 0 aliphatic carbocycles. The summed E-state index contributed by atoms with van der Waals surface area (Å²) in [5, 5.41) is 1.03. The summed E-state index contributed by atoms with van der Waals surface area (Å²) in [5.41, 5.74) is 1.82. The number of hydrogen-bond acceptors (Lipinski definition) is 2. The Morgan fingerprint density at radius 1 is 1.10 bits per heavy atom. The molecule has 20 heavy (non-hydrogen) atoms. The number of hydrogen-bond donors (Lipinski definition) is 0. The normalized spacial score (nSPS) is 10.7. The number of aromatic nitrogens is 1. The average molecular weight is 332 g/mol. The average Bonchev–Trinajstić information content (AvgIpc) is 2.46. The van der Waals surface area contributed by atoms with Crippen LogP contribution in [0, 0.1) is 5.82 Å². The Morgan fingerprint density at radius 2 is 1.95 bits per heavy atom. The second kappa shape index (κ2) is 5.59. The lowest BCUT2D eigenvalue weighted by molar-refractivity contribution is 0.304. The molecular weight excluding hydrogens is 321 g/mol. The van der Waals surface area contributed by atoms with Crippen LogP contribution >= 0.6 is 15.9 Å². The zero-order valence-electron chi connectivity index (χ0n) is 10.5. The van der Waals surface area contributed by atoms with Crippen LogP contribution in [-0.2, 0) is 6.61 Å². The summed E-state index contributed by atoms with van der Waals surface area (Å²) < 4.78 is 19.4. The van der Waals surface area contributed by atoms with Crippen LogP contribution < -0.4 is 4.74 Å². The molecule has 0 amide bonds. The van der Waals surface area contributed by atoms with Gasteiger partial charge in [-0.25, -0.2) is 4.39 Å². The van der Waals surface area contributed by atoms with Crippen molar-refractivity contribution in [3.05, 3.63) is 70.6 Å². The molecule has 2 aromatic carbocycles. The summed E-state index contributed by atoms with van der Waals surface area (Å²) in [4.78, 5) is 4.33. The highest BCUT2D eigenvalue weighted by molar-refractivity contribution is 9.10. The van der Waals surface area contributed by atoms with Crippen molar-refractivity contribution in [2.45, 2.75) is 6.61 Å². The summed E-state index contributed by atoms with van der Waals surface area (Å²) in [6.07, 6.45) is 1.69. The number of para-hydroxylation sites is 1. The van der Waals surface area contributed by atoms with Crippen molar-refractivity contribution >= 4 is 26.8 Å². The monoisotopic (exact) mass is 331 g/mol. The molecule has 0 aliphatic rings. The molecular formula is C16H11BrFNO. The number of pyridine rings is 1. The fourth-order valence-electron chi connectivity index (χ4n) is 1.93. The summed E-state index contributed by atoms with van der Waals surface area (Å²) in [5.74, 6) is 0.424. The topological polar surface area (TPSA) is 22.1 Å². The molecule has 0 spiro atoms. The molecule has 0 atom stereocenters. The predicted octanol–water partition coefficient (Wildman–Crippen LogP) is 4.72. The maximum Gasteiger partial charge on any atom is 0.138 e. The van der Waals surface area contributed by atoms with Gasteiger partial charge in [-0.05, 0) is 24.3 Å². The van der Waals surface area contributed by atoms with Crippen LogP contribution in [0.1, 0.15) is 5.56 Å². The first-order chi connectivity index (χ1) is 9.72. The van der Waals surface area contributed by atoms with Crippen LogP contribution in [-0.4, -0.2) is 4.98 Å². The van der Waals surface area contributed by atoms with E-state index in [1.807, 2.05) is 30.3 Å². The largest absolute Gasteiger partial charge is 0.487 e. The summed E-state index contributed by atoms with van der Waals surface area (Å²) >= 11 is 3.32. The minimum absolute atomic E-state index is 0.270. The van der Waals surface area contributed by atoms with Gasteiger partial charge in [0.25, 0.3) is 0 Å². The Morgan fingerprint density at radius 3 is 2.80 bits per heavy atom. The standard InChI is InChI=1S/C16H11BrFNO/c17-15-8-13(18)6-5-12(15)10-20-14-7-11-3-1-2-4-16(11)19-9-14/h1-9H,10H2. The van der Waals surface area contributed by atoms with Crippen LogP contribution in [0.4, 0.5) is 4.39 Å². The van der Waals surface area contributed by atoms with E-state index in [0.717, 1.165) is 16.5 Å². The number of benzene rings is 2. The Bertz CT molecular complexity index is 760. The van der Waals surface area contributed by atoms with Crippen molar-refractivity contribution in [3.8, 4) is 5.75 Å². The van der Waals surface area contributed by atoms with Crippen molar-refractivity contribution in [2.24, 2.45) is 0 Å². The molecule has 3 aromatic rings. The first-order valence-corrected chi connectivity index (χ1v) is 6.93. The molecule has 0 saturated heterocycles. The van der Waals surface area contributed by atoms with Gasteiger partial charge in [0.15, 0.2) is 0 Å². The van der Waals surface area contributed by atoms with E-state index in [0.29, 0.717) is 16.8 Å². The van der Waals surface area contributed by atoms with Gasteiger partial charge in [0, 0.05) is 15.4 Å². The maximum atomic E-state index is 13.0. The second-order valence-corrected chi connectivity index (χ2v) is 5.24. The first kappa shape index (κ1) is 13.1. The summed E-state index contributed by atoms with van der Waals surface area (Å²) in [6, 6.07) is 14.3. The maximum absolute atomic E-state index is 13.0. The van der Waals surface area contributed by atoms with Crippen molar-refractivity contribution in [3.63, 3.8) is 0 Å². The highest BCUT2D eigenvalue weighted by Gasteiger charge is 2.04. The summed E-state index contributed by atoms with van der Waals surface area (Å²) in [6.45, 7) is 0.362. The fourth-order valence-corrected chi connectivity index (χ4v) is 2.39. The van der Waals surface area contributed by atoms with Crippen LogP contribution in [0.25, 0.3) is 10.9 Å². The lowest BCUT2D eigenvalue weighted by atomic mass is 10.2. The third-order valence-electron chi connectivity index (χ3n) is 2.97. The quantitative estimate of drug-likeness (QED) is 0.693.